The highest BCUT2D eigenvalue weighted by molar-refractivity contribution is 4.83. The smallest absolute Gasteiger partial charge is 0.223 e. The van der Waals surface area contributed by atoms with Crippen molar-refractivity contribution in [2.24, 2.45) is 0 Å². The Morgan fingerprint density at radius 1 is 1.60 bits per heavy atom. The third-order valence-electron chi connectivity index (χ3n) is 1.10. The number of hydrogen-bond donors (Lipinski definition) is 0. The van der Waals surface area contributed by atoms with Gasteiger partial charge in [-0.05, 0) is 0 Å². The van der Waals surface area contributed by atoms with Gasteiger partial charge >= 0.3 is 0 Å². The van der Waals surface area contributed by atoms with Gasteiger partial charge in [-0.1, -0.05) is 5.16 Å². The van der Waals surface area contributed by atoms with Gasteiger partial charge in [0.2, 0.25) is 5.89 Å². The number of aryl methyl sites for hydroxylation is 1. The molecule has 0 aliphatic carbocycles. The van der Waals surface area contributed by atoms with Crippen LogP contribution < -0.4 is 0 Å². The maximum atomic E-state index is 4.83. The Labute approximate surface area is 59.2 Å². The summed E-state index contributed by atoms with van der Waals surface area (Å²) in [6.07, 6.45) is 0.716. The van der Waals surface area contributed by atoms with Crippen molar-refractivity contribution in [3.05, 3.63) is 11.7 Å². The van der Waals surface area contributed by atoms with E-state index < -0.39 is 0 Å². The molecule has 0 spiro atoms. The van der Waals surface area contributed by atoms with E-state index in [9.17, 15) is 0 Å². The van der Waals surface area contributed by atoms with E-state index in [0.717, 1.165) is 0 Å². The molecule has 56 valence electrons. The van der Waals surface area contributed by atoms with Crippen molar-refractivity contribution >= 4 is 0 Å². The van der Waals surface area contributed by atoms with Gasteiger partial charge in [0, 0.05) is 20.5 Å². The minimum atomic E-state index is 0.603. The van der Waals surface area contributed by atoms with Crippen LogP contribution in [0.3, 0.4) is 0 Å². The molecule has 0 atom stereocenters. The van der Waals surface area contributed by atoms with Crippen molar-refractivity contribution < 1.29 is 9.26 Å². The SMILES string of the molecule is COCCc1noc(C)n1. The van der Waals surface area contributed by atoms with E-state index in [-0.39, 0.29) is 0 Å². The van der Waals surface area contributed by atoms with Crippen LogP contribution in [0.4, 0.5) is 0 Å². The maximum absolute atomic E-state index is 4.83. The Balaban J connectivity index is 2.42. The number of aromatic nitrogens is 2. The van der Waals surface area contributed by atoms with Gasteiger partial charge < -0.3 is 9.26 Å². The van der Waals surface area contributed by atoms with Crippen LogP contribution in [0.2, 0.25) is 0 Å². The molecule has 0 bridgehead atoms. The third kappa shape index (κ3) is 1.80. The first-order valence-electron chi connectivity index (χ1n) is 3.11. The summed E-state index contributed by atoms with van der Waals surface area (Å²) in [5.74, 6) is 1.31. The Kier molecular flexibility index (Phi) is 2.39. The molecule has 4 nitrogen and oxygen atoms in total. The lowest BCUT2D eigenvalue weighted by atomic mass is 10.4. The van der Waals surface area contributed by atoms with Crippen LogP contribution in [-0.2, 0) is 11.2 Å². The summed E-state index contributed by atoms with van der Waals surface area (Å²) in [5.41, 5.74) is 0. The number of hydrogen-bond acceptors (Lipinski definition) is 4. The average molecular weight is 142 g/mol. The molecule has 0 aromatic carbocycles. The zero-order chi connectivity index (χ0) is 7.40. The van der Waals surface area contributed by atoms with Crippen LogP contribution in [0.5, 0.6) is 0 Å². The molecule has 0 saturated heterocycles. The maximum Gasteiger partial charge on any atom is 0.223 e. The molecule has 0 aliphatic rings. The van der Waals surface area contributed by atoms with Gasteiger partial charge in [-0.15, -0.1) is 0 Å². The van der Waals surface area contributed by atoms with Gasteiger partial charge in [0.1, 0.15) is 0 Å². The quantitative estimate of drug-likeness (QED) is 0.619. The monoisotopic (exact) mass is 142 g/mol. The molecular formula is C6H10N2O2. The first-order chi connectivity index (χ1) is 4.83. The summed E-state index contributed by atoms with van der Waals surface area (Å²) in [5, 5.41) is 3.69. The van der Waals surface area contributed by atoms with Crippen molar-refractivity contribution in [1.82, 2.24) is 10.1 Å². The number of nitrogens with zero attached hydrogens (tertiary/aromatic N) is 2. The fraction of sp³-hybridized carbons (Fsp3) is 0.667. The summed E-state index contributed by atoms with van der Waals surface area (Å²) < 4.78 is 9.58. The number of methoxy groups -OCH3 is 1. The van der Waals surface area contributed by atoms with E-state index >= 15 is 0 Å². The van der Waals surface area contributed by atoms with Gasteiger partial charge in [0.05, 0.1) is 6.61 Å². The number of ether oxygens (including phenoxy) is 1. The summed E-state index contributed by atoms with van der Waals surface area (Å²) in [4.78, 5) is 3.99. The second kappa shape index (κ2) is 3.31. The molecule has 10 heavy (non-hydrogen) atoms. The second-order valence-electron chi connectivity index (χ2n) is 1.97. The first-order valence-corrected chi connectivity index (χ1v) is 3.11. The van der Waals surface area contributed by atoms with Crippen LogP contribution in [0.25, 0.3) is 0 Å². The Morgan fingerprint density at radius 3 is 2.90 bits per heavy atom. The molecule has 1 heterocycles. The van der Waals surface area contributed by atoms with Crippen molar-refractivity contribution in [1.29, 1.82) is 0 Å². The summed E-state index contributed by atoms with van der Waals surface area (Å²) >= 11 is 0. The molecule has 1 aromatic rings. The standard InChI is InChI=1S/C6H10N2O2/c1-5-7-6(8-10-5)3-4-9-2/h3-4H2,1-2H3. The Bertz CT molecular complexity index is 197. The van der Waals surface area contributed by atoms with E-state index in [4.69, 9.17) is 9.26 Å². The lowest BCUT2D eigenvalue weighted by Crippen LogP contribution is -1.95. The minimum absolute atomic E-state index is 0.603. The molecule has 0 saturated carbocycles. The van der Waals surface area contributed by atoms with Gasteiger partial charge in [0.15, 0.2) is 5.82 Å². The predicted octanol–water partition coefficient (Wildman–Crippen LogP) is 0.567. The molecule has 0 amide bonds. The predicted molar refractivity (Wildman–Crippen MR) is 34.6 cm³/mol. The fourth-order valence-electron chi connectivity index (χ4n) is 0.636. The lowest BCUT2D eigenvalue weighted by molar-refractivity contribution is 0.199. The molecular weight excluding hydrogens is 132 g/mol. The van der Waals surface area contributed by atoms with Gasteiger partial charge in [0.25, 0.3) is 0 Å². The van der Waals surface area contributed by atoms with Gasteiger partial charge in [-0.25, -0.2) is 0 Å². The van der Waals surface area contributed by atoms with Crippen LogP contribution in [0.1, 0.15) is 11.7 Å². The van der Waals surface area contributed by atoms with Gasteiger partial charge in [-0.2, -0.15) is 4.98 Å². The Morgan fingerprint density at radius 2 is 2.40 bits per heavy atom. The first kappa shape index (κ1) is 7.21. The van der Waals surface area contributed by atoms with Crippen molar-refractivity contribution in [3.63, 3.8) is 0 Å². The third-order valence-corrected chi connectivity index (χ3v) is 1.10. The summed E-state index contributed by atoms with van der Waals surface area (Å²) in [6, 6.07) is 0. The second-order valence-corrected chi connectivity index (χ2v) is 1.97. The van der Waals surface area contributed by atoms with E-state index in [1.54, 1.807) is 14.0 Å². The fourth-order valence-corrected chi connectivity index (χ4v) is 0.636. The zero-order valence-electron chi connectivity index (χ0n) is 6.13. The van der Waals surface area contributed by atoms with Crippen molar-refractivity contribution in [3.8, 4) is 0 Å². The van der Waals surface area contributed by atoms with E-state index in [2.05, 4.69) is 10.1 Å². The van der Waals surface area contributed by atoms with Crippen molar-refractivity contribution in [2.45, 2.75) is 13.3 Å². The molecule has 1 aromatic heterocycles. The molecule has 0 fully saturated rings. The summed E-state index contributed by atoms with van der Waals surface area (Å²) in [7, 11) is 1.65. The molecule has 0 radical (unpaired) electrons. The molecule has 1 rings (SSSR count). The highest BCUT2D eigenvalue weighted by Crippen LogP contribution is 1.94. The minimum Gasteiger partial charge on any atom is -0.384 e. The molecule has 0 aliphatic heterocycles. The van der Waals surface area contributed by atoms with Crippen molar-refractivity contribution in [2.75, 3.05) is 13.7 Å². The van der Waals surface area contributed by atoms with E-state index in [0.29, 0.717) is 24.7 Å². The largest absolute Gasteiger partial charge is 0.384 e. The van der Waals surface area contributed by atoms with E-state index in [1.807, 2.05) is 0 Å². The topological polar surface area (TPSA) is 48.2 Å². The van der Waals surface area contributed by atoms with E-state index in [1.165, 1.54) is 0 Å². The normalized spacial score (nSPS) is 10.2. The summed E-state index contributed by atoms with van der Waals surface area (Å²) in [6.45, 7) is 2.41. The zero-order valence-corrected chi connectivity index (χ0v) is 6.13. The highest BCUT2D eigenvalue weighted by atomic mass is 16.5. The highest BCUT2D eigenvalue weighted by Gasteiger charge is 1.99. The van der Waals surface area contributed by atoms with Crippen LogP contribution >= 0.6 is 0 Å². The lowest BCUT2D eigenvalue weighted by Gasteiger charge is -1.89. The number of rotatable bonds is 3. The van der Waals surface area contributed by atoms with Gasteiger partial charge in [-0.3, -0.25) is 0 Å². The van der Waals surface area contributed by atoms with Crippen LogP contribution in [0.15, 0.2) is 4.52 Å². The molecule has 4 heteroatoms. The molecule has 0 N–H and O–H groups in total. The average Bonchev–Trinajstić information content (AvgIpc) is 2.31. The Hall–Kier alpha value is -0.900. The molecule has 0 unspecified atom stereocenters. The van der Waals surface area contributed by atoms with Crippen LogP contribution in [-0.4, -0.2) is 23.9 Å². The van der Waals surface area contributed by atoms with Crippen LogP contribution in [0, 0.1) is 6.92 Å².